The van der Waals surface area contributed by atoms with E-state index in [4.69, 9.17) is 4.98 Å². The minimum Gasteiger partial charge on any atom is -0.396 e. The zero-order valence-corrected chi connectivity index (χ0v) is 16.1. The lowest BCUT2D eigenvalue weighted by atomic mass is 9.99. The highest BCUT2D eigenvalue weighted by molar-refractivity contribution is 5.62. The zero-order valence-electron chi connectivity index (χ0n) is 16.1. The van der Waals surface area contributed by atoms with Gasteiger partial charge < -0.3 is 14.6 Å². The van der Waals surface area contributed by atoms with Crippen LogP contribution in [0.2, 0.25) is 0 Å². The van der Waals surface area contributed by atoms with E-state index in [9.17, 15) is 5.11 Å². The van der Waals surface area contributed by atoms with E-state index in [1.165, 1.54) is 17.7 Å². The molecule has 2 aromatic rings. The van der Waals surface area contributed by atoms with Crippen molar-refractivity contribution >= 4 is 0 Å². The van der Waals surface area contributed by atoms with E-state index < -0.39 is 0 Å². The Bertz CT molecular complexity index is 731. The van der Waals surface area contributed by atoms with E-state index in [-0.39, 0.29) is 6.04 Å². The molecule has 0 amide bonds. The standard InChI is InChI=1S/C21H31N5O/c1-16-12-19(24-23-16)21-20(18-7-3-2-4-8-18)22-15-26(21)11-10-25-9-5-6-17(13-25)14-27/h2-4,7-8,15-17,19,23-24,27H,5-6,9-14H2,1H3. The van der Waals surface area contributed by atoms with Crippen LogP contribution in [0, 0.1) is 5.92 Å². The molecule has 3 N–H and O–H groups in total. The largest absolute Gasteiger partial charge is 0.396 e. The number of likely N-dealkylation sites (tertiary alicyclic amines) is 1. The lowest BCUT2D eigenvalue weighted by Gasteiger charge is -2.32. The van der Waals surface area contributed by atoms with Crippen molar-refractivity contribution in [1.29, 1.82) is 0 Å². The molecule has 3 atom stereocenters. The average molecular weight is 370 g/mol. The maximum Gasteiger partial charge on any atom is 0.0956 e. The molecule has 0 saturated carbocycles. The number of aliphatic hydroxyl groups is 1. The van der Waals surface area contributed by atoms with Gasteiger partial charge in [-0.25, -0.2) is 10.4 Å². The van der Waals surface area contributed by atoms with E-state index in [1.807, 2.05) is 12.4 Å². The van der Waals surface area contributed by atoms with Gasteiger partial charge in [-0.05, 0) is 38.6 Å². The summed E-state index contributed by atoms with van der Waals surface area (Å²) in [5.74, 6) is 0.433. The van der Waals surface area contributed by atoms with E-state index in [0.29, 0.717) is 18.6 Å². The van der Waals surface area contributed by atoms with Crippen molar-refractivity contribution in [2.75, 3.05) is 26.2 Å². The molecule has 0 aliphatic carbocycles. The minimum atomic E-state index is 0.268. The second kappa shape index (κ2) is 8.52. The van der Waals surface area contributed by atoms with Crippen molar-refractivity contribution < 1.29 is 5.11 Å². The zero-order chi connectivity index (χ0) is 18.6. The number of hydrogen-bond donors (Lipinski definition) is 3. The van der Waals surface area contributed by atoms with Crippen molar-refractivity contribution in [1.82, 2.24) is 25.3 Å². The SMILES string of the molecule is CC1CC(c2c(-c3ccccc3)ncn2CCN2CCCC(CO)C2)NN1. The second-order valence-corrected chi connectivity index (χ2v) is 8.01. The quantitative estimate of drug-likeness (QED) is 0.728. The molecule has 2 aliphatic rings. The van der Waals surface area contributed by atoms with Crippen LogP contribution in [0.25, 0.3) is 11.3 Å². The molecule has 3 unspecified atom stereocenters. The maximum absolute atomic E-state index is 9.48. The number of nitrogens with zero attached hydrogens (tertiary/aromatic N) is 3. The molecule has 6 heteroatoms. The molecule has 4 rings (SSSR count). The van der Waals surface area contributed by atoms with Crippen molar-refractivity contribution in [3.8, 4) is 11.3 Å². The molecule has 0 radical (unpaired) electrons. The van der Waals surface area contributed by atoms with E-state index >= 15 is 0 Å². The fourth-order valence-corrected chi connectivity index (χ4v) is 4.40. The summed E-state index contributed by atoms with van der Waals surface area (Å²) in [5, 5.41) is 9.48. The van der Waals surface area contributed by atoms with Gasteiger partial charge in [0, 0.05) is 37.8 Å². The molecule has 27 heavy (non-hydrogen) atoms. The number of rotatable bonds is 6. The van der Waals surface area contributed by atoms with Crippen LogP contribution in [0.4, 0.5) is 0 Å². The first kappa shape index (κ1) is 18.6. The summed E-state index contributed by atoms with van der Waals surface area (Å²) >= 11 is 0. The Morgan fingerprint density at radius 2 is 2.04 bits per heavy atom. The number of aromatic nitrogens is 2. The van der Waals surface area contributed by atoms with Crippen molar-refractivity contribution in [2.24, 2.45) is 5.92 Å². The summed E-state index contributed by atoms with van der Waals surface area (Å²) in [6, 6.07) is 11.2. The van der Waals surface area contributed by atoms with Gasteiger partial charge in [-0.15, -0.1) is 0 Å². The normalized spacial score (nSPS) is 26.5. The van der Waals surface area contributed by atoms with Gasteiger partial charge in [0.05, 0.1) is 23.8 Å². The lowest BCUT2D eigenvalue weighted by Crippen LogP contribution is -2.38. The Morgan fingerprint density at radius 3 is 2.78 bits per heavy atom. The van der Waals surface area contributed by atoms with Crippen LogP contribution in [-0.2, 0) is 6.54 Å². The Morgan fingerprint density at radius 1 is 1.19 bits per heavy atom. The second-order valence-electron chi connectivity index (χ2n) is 8.01. The van der Waals surface area contributed by atoms with Crippen LogP contribution in [0.5, 0.6) is 0 Å². The van der Waals surface area contributed by atoms with Gasteiger partial charge in [0.2, 0.25) is 0 Å². The first-order valence-corrected chi connectivity index (χ1v) is 10.2. The minimum absolute atomic E-state index is 0.268. The number of hydrogen-bond acceptors (Lipinski definition) is 5. The number of hydrazine groups is 1. The van der Waals surface area contributed by atoms with Gasteiger partial charge in [-0.2, -0.15) is 0 Å². The highest BCUT2D eigenvalue weighted by Gasteiger charge is 2.28. The van der Waals surface area contributed by atoms with Crippen molar-refractivity contribution in [3.05, 3.63) is 42.4 Å². The molecule has 6 nitrogen and oxygen atoms in total. The molecular formula is C21H31N5O. The molecule has 146 valence electrons. The van der Waals surface area contributed by atoms with Crippen molar-refractivity contribution in [3.63, 3.8) is 0 Å². The third-order valence-electron chi connectivity index (χ3n) is 5.87. The first-order valence-electron chi connectivity index (χ1n) is 10.2. The van der Waals surface area contributed by atoms with Gasteiger partial charge >= 0.3 is 0 Å². The van der Waals surface area contributed by atoms with Crippen LogP contribution in [0.15, 0.2) is 36.7 Å². The maximum atomic E-state index is 9.48. The lowest BCUT2D eigenvalue weighted by molar-refractivity contribution is 0.117. The Labute approximate surface area is 161 Å². The molecule has 2 aliphatic heterocycles. The molecule has 3 heterocycles. The topological polar surface area (TPSA) is 65.4 Å². The summed E-state index contributed by atoms with van der Waals surface area (Å²) in [7, 11) is 0. The van der Waals surface area contributed by atoms with E-state index in [0.717, 1.165) is 44.7 Å². The van der Waals surface area contributed by atoms with Crippen LogP contribution >= 0.6 is 0 Å². The van der Waals surface area contributed by atoms with Gasteiger partial charge in [0.1, 0.15) is 0 Å². The predicted octanol–water partition coefficient (Wildman–Crippen LogP) is 2.18. The Hall–Kier alpha value is -1.73. The highest BCUT2D eigenvalue weighted by Crippen LogP contribution is 2.31. The fraction of sp³-hybridized carbons (Fsp3) is 0.571. The summed E-state index contributed by atoms with van der Waals surface area (Å²) in [6.45, 7) is 6.58. The molecule has 1 aromatic heterocycles. The van der Waals surface area contributed by atoms with Crippen LogP contribution in [-0.4, -0.2) is 51.8 Å². The van der Waals surface area contributed by atoms with Gasteiger partial charge in [-0.3, -0.25) is 5.43 Å². The Kier molecular flexibility index (Phi) is 5.88. The van der Waals surface area contributed by atoms with E-state index in [2.05, 4.69) is 51.5 Å². The summed E-state index contributed by atoms with van der Waals surface area (Å²) in [6.07, 6.45) is 5.39. The van der Waals surface area contributed by atoms with Crippen LogP contribution < -0.4 is 10.9 Å². The third-order valence-corrected chi connectivity index (χ3v) is 5.87. The Balaban J connectivity index is 1.54. The molecule has 2 fully saturated rings. The van der Waals surface area contributed by atoms with Gasteiger partial charge in [-0.1, -0.05) is 30.3 Å². The summed E-state index contributed by atoms with van der Waals surface area (Å²) < 4.78 is 2.32. The van der Waals surface area contributed by atoms with E-state index in [1.54, 1.807) is 0 Å². The van der Waals surface area contributed by atoms with Crippen LogP contribution in [0.1, 0.15) is 37.9 Å². The van der Waals surface area contributed by atoms with Gasteiger partial charge in [0.25, 0.3) is 0 Å². The molecule has 0 bridgehead atoms. The number of imidazole rings is 1. The molecule has 0 spiro atoms. The molecule has 1 aromatic carbocycles. The third kappa shape index (κ3) is 4.24. The molecular weight excluding hydrogens is 338 g/mol. The number of piperidine rings is 1. The highest BCUT2D eigenvalue weighted by atomic mass is 16.3. The van der Waals surface area contributed by atoms with Crippen LogP contribution in [0.3, 0.4) is 0 Å². The summed E-state index contributed by atoms with van der Waals surface area (Å²) in [5.41, 5.74) is 10.3. The van der Waals surface area contributed by atoms with Crippen molar-refractivity contribution in [2.45, 2.75) is 44.8 Å². The first-order chi connectivity index (χ1) is 13.2. The number of benzene rings is 1. The predicted molar refractivity (Wildman–Crippen MR) is 107 cm³/mol. The number of nitrogens with one attached hydrogen (secondary N) is 2. The smallest absolute Gasteiger partial charge is 0.0956 e. The average Bonchev–Trinajstić information content (AvgIpc) is 3.33. The fourth-order valence-electron chi connectivity index (χ4n) is 4.40. The number of aliphatic hydroxyl groups excluding tert-OH is 1. The molecule has 2 saturated heterocycles. The van der Waals surface area contributed by atoms with Gasteiger partial charge in [0.15, 0.2) is 0 Å². The summed E-state index contributed by atoms with van der Waals surface area (Å²) in [4.78, 5) is 7.27. The monoisotopic (exact) mass is 369 g/mol.